The van der Waals surface area contributed by atoms with Gasteiger partial charge in [-0.15, -0.1) is 0 Å². The molecule has 1 aliphatic carbocycles. The van der Waals surface area contributed by atoms with E-state index in [1.807, 2.05) is 7.05 Å². The molecule has 3 unspecified atom stereocenters. The highest BCUT2D eigenvalue weighted by atomic mass is 79.9. The molecule has 1 fully saturated rings. The average molecular weight is 342 g/mol. The van der Waals surface area contributed by atoms with Gasteiger partial charge in [-0.2, -0.15) is 0 Å². The molecule has 3 atom stereocenters. The molecule has 0 aromatic heterocycles. The van der Waals surface area contributed by atoms with Crippen LogP contribution in [0.25, 0.3) is 0 Å². The van der Waals surface area contributed by atoms with Crippen molar-refractivity contribution in [3.05, 3.63) is 28.2 Å². The molecular formula is C16H24BrNO2. The Hall–Kier alpha value is -0.580. The molecule has 0 heterocycles. The zero-order chi connectivity index (χ0) is 14.5. The van der Waals surface area contributed by atoms with Crippen molar-refractivity contribution in [3.8, 4) is 5.75 Å². The van der Waals surface area contributed by atoms with E-state index in [9.17, 15) is 0 Å². The molecule has 2 rings (SSSR count). The molecule has 3 nitrogen and oxygen atoms in total. The van der Waals surface area contributed by atoms with Crippen molar-refractivity contribution in [1.29, 1.82) is 0 Å². The minimum absolute atomic E-state index is 0.271. The van der Waals surface area contributed by atoms with Gasteiger partial charge < -0.3 is 14.8 Å². The first-order valence-corrected chi connectivity index (χ1v) is 8.09. The first-order valence-electron chi connectivity index (χ1n) is 7.30. The van der Waals surface area contributed by atoms with Gasteiger partial charge in [0.25, 0.3) is 0 Å². The third-order valence-electron chi connectivity index (χ3n) is 4.09. The van der Waals surface area contributed by atoms with Crippen molar-refractivity contribution < 1.29 is 9.47 Å². The molecule has 0 aliphatic heterocycles. The van der Waals surface area contributed by atoms with Gasteiger partial charge >= 0.3 is 0 Å². The van der Waals surface area contributed by atoms with E-state index in [-0.39, 0.29) is 6.10 Å². The second-order valence-electron chi connectivity index (χ2n) is 5.46. The highest BCUT2D eigenvalue weighted by molar-refractivity contribution is 9.10. The molecule has 0 spiro atoms. The predicted octanol–water partition coefficient (Wildman–Crippen LogP) is 4.07. The maximum Gasteiger partial charge on any atom is 0.120 e. The Kier molecular flexibility index (Phi) is 5.87. The Morgan fingerprint density at radius 1 is 1.30 bits per heavy atom. The summed E-state index contributed by atoms with van der Waals surface area (Å²) in [7, 11) is 3.76. The van der Waals surface area contributed by atoms with Crippen molar-refractivity contribution in [3.63, 3.8) is 0 Å². The van der Waals surface area contributed by atoms with E-state index in [1.54, 1.807) is 7.11 Å². The molecule has 1 aromatic rings. The van der Waals surface area contributed by atoms with Gasteiger partial charge in [0, 0.05) is 24.0 Å². The van der Waals surface area contributed by atoms with Crippen LogP contribution in [0, 0.1) is 0 Å². The number of halogens is 1. The van der Waals surface area contributed by atoms with E-state index in [4.69, 9.17) is 9.47 Å². The monoisotopic (exact) mass is 341 g/mol. The van der Waals surface area contributed by atoms with Crippen molar-refractivity contribution in [2.24, 2.45) is 0 Å². The first kappa shape index (κ1) is 15.8. The van der Waals surface area contributed by atoms with Crippen LogP contribution in [-0.2, 0) is 4.74 Å². The maximum atomic E-state index is 6.11. The van der Waals surface area contributed by atoms with E-state index in [0.717, 1.165) is 29.5 Å². The van der Waals surface area contributed by atoms with E-state index >= 15 is 0 Å². The standard InChI is InChI=1S/C16H24BrNO2/c1-11(18-2)15-8-7-14(10-16(15)17)20-13-6-4-5-12(9-13)19-3/h7-8,10-13,18H,4-6,9H2,1-3H3. The first-order chi connectivity index (χ1) is 9.63. The van der Waals surface area contributed by atoms with Crippen LogP contribution in [0.15, 0.2) is 22.7 Å². The molecule has 0 radical (unpaired) electrons. The Balaban J connectivity index is 2.01. The highest BCUT2D eigenvalue weighted by Gasteiger charge is 2.23. The van der Waals surface area contributed by atoms with Crippen molar-refractivity contribution >= 4 is 15.9 Å². The molecule has 4 heteroatoms. The number of hydrogen-bond acceptors (Lipinski definition) is 3. The zero-order valence-corrected chi connectivity index (χ0v) is 14.1. The molecule has 0 bridgehead atoms. The van der Waals surface area contributed by atoms with Crippen molar-refractivity contribution in [1.82, 2.24) is 5.32 Å². The molecular weight excluding hydrogens is 318 g/mol. The smallest absolute Gasteiger partial charge is 0.120 e. The zero-order valence-electron chi connectivity index (χ0n) is 12.5. The Morgan fingerprint density at radius 3 is 2.70 bits per heavy atom. The van der Waals surface area contributed by atoms with Crippen LogP contribution in [0.1, 0.15) is 44.2 Å². The Labute approximate surface area is 130 Å². The minimum Gasteiger partial charge on any atom is -0.490 e. The van der Waals surface area contributed by atoms with Gasteiger partial charge in [-0.1, -0.05) is 22.0 Å². The second-order valence-corrected chi connectivity index (χ2v) is 6.31. The van der Waals surface area contributed by atoms with Crippen LogP contribution in [-0.4, -0.2) is 26.4 Å². The number of rotatable bonds is 5. The lowest BCUT2D eigenvalue weighted by molar-refractivity contribution is 0.0209. The van der Waals surface area contributed by atoms with Crippen molar-refractivity contribution in [2.75, 3.05) is 14.2 Å². The summed E-state index contributed by atoms with van der Waals surface area (Å²) in [4.78, 5) is 0. The molecule has 112 valence electrons. The normalized spacial score (nSPS) is 24.4. The van der Waals surface area contributed by atoms with Gasteiger partial charge in [0.1, 0.15) is 11.9 Å². The third kappa shape index (κ3) is 3.96. The molecule has 0 saturated heterocycles. The van der Waals surface area contributed by atoms with E-state index < -0.39 is 0 Å². The fourth-order valence-corrected chi connectivity index (χ4v) is 3.40. The van der Waals surface area contributed by atoms with Gasteiger partial charge in [-0.05, 0) is 50.9 Å². The Morgan fingerprint density at radius 2 is 2.05 bits per heavy atom. The third-order valence-corrected chi connectivity index (χ3v) is 4.77. The van der Waals surface area contributed by atoms with Gasteiger partial charge in [-0.25, -0.2) is 0 Å². The molecule has 1 N–H and O–H groups in total. The SMILES string of the molecule is CNC(C)c1ccc(OC2CCCC(OC)C2)cc1Br. The van der Waals surface area contributed by atoms with Gasteiger partial charge in [-0.3, -0.25) is 0 Å². The summed E-state index contributed by atoms with van der Waals surface area (Å²) in [5.74, 6) is 0.936. The van der Waals surface area contributed by atoms with E-state index in [1.165, 1.54) is 12.0 Å². The summed E-state index contributed by atoms with van der Waals surface area (Å²) in [6, 6.07) is 6.58. The molecule has 1 aromatic carbocycles. The summed E-state index contributed by atoms with van der Waals surface area (Å²) < 4.78 is 12.7. The lowest BCUT2D eigenvalue weighted by atomic mass is 9.95. The summed E-state index contributed by atoms with van der Waals surface area (Å²) >= 11 is 3.63. The highest BCUT2D eigenvalue weighted by Crippen LogP contribution is 2.30. The van der Waals surface area contributed by atoms with E-state index in [2.05, 4.69) is 46.4 Å². The second kappa shape index (κ2) is 7.43. The van der Waals surface area contributed by atoms with Gasteiger partial charge in [0.2, 0.25) is 0 Å². The van der Waals surface area contributed by atoms with Crippen LogP contribution in [0.5, 0.6) is 5.75 Å². The van der Waals surface area contributed by atoms with E-state index in [0.29, 0.717) is 12.1 Å². The molecule has 20 heavy (non-hydrogen) atoms. The van der Waals surface area contributed by atoms with Gasteiger partial charge in [0.05, 0.1) is 6.10 Å². The maximum absolute atomic E-state index is 6.11. The van der Waals surface area contributed by atoms with Crippen LogP contribution in [0.2, 0.25) is 0 Å². The van der Waals surface area contributed by atoms with Crippen LogP contribution >= 0.6 is 15.9 Å². The summed E-state index contributed by atoms with van der Waals surface area (Å²) in [6.07, 6.45) is 5.06. The number of hydrogen-bond donors (Lipinski definition) is 1. The Bertz CT molecular complexity index is 438. The summed E-state index contributed by atoms with van der Waals surface area (Å²) in [6.45, 7) is 2.14. The predicted molar refractivity (Wildman–Crippen MR) is 85.3 cm³/mol. The number of methoxy groups -OCH3 is 1. The molecule has 0 amide bonds. The quantitative estimate of drug-likeness (QED) is 0.875. The largest absolute Gasteiger partial charge is 0.490 e. The lowest BCUT2D eigenvalue weighted by Crippen LogP contribution is -2.29. The van der Waals surface area contributed by atoms with Crippen LogP contribution in [0.3, 0.4) is 0 Å². The molecule has 1 saturated carbocycles. The van der Waals surface area contributed by atoms with Crippen LogP contribution < -0.4 is 10.1 Å². The fourth-order valence-electron chi connectivity index (χ4n) is 2.70. The summed E-state index contributed by atoms with van der Waals surface area (Å²) in [5.41, 5.74) is 1.25. The number of ether oxygens (including phenoxy) is 2. The topological polar surface area (TPSA) is 30.5 Å². The minimum atomic E-state index is 0.271. The number of benzene rings is 1. The van der Waals surface area contributed by atoms with Crippen molar-refractivity contribution in [2.45, 2.75) is 50.9 Å². The fraction of sp³-hybridized carbons (Fsp3) is 0.625. The van der Waals surface area contributed by atoms with Gasteiger partial charge in [0.15, 0.2) is 0 Å². The average Bonchev–Trinajstić information content (AvgIpc) is 2.47. The van der Waals surface area contributed by atoms with Crippen LogP contribution in [0.4, 0.5) is 0 Å². The molecule has 1 aliphatic rings. The lowest BCUT2D eigenvalue weighted by Gasteiger charge is -2.29. The summed E-state index contributed by atoms with van der Waals surface area (Å²) in [5, 5.41) is 3.25. The number of nitrogens with one attached hydrogen (secondary N) is 1.